The van der Waals surface area contributed by atoms with Crippen LogP contribution in [-0.4, -0.2) is 169 Å². The Labute approximate surface area is 754 Å². The summed E-state index contributed by atoms with van der Waals surface area (Å²) in [6.07, 6.45) is 8.60. The quantitative estimate of drug-likeness (QED) is 0.0121. The molecule has 5 N–H and O–H groups in total. The Kier molecular flexibility index (Phi) is 35.8. The first-order valence-corrected chi connectivity index (χ1v) is 46.4. The smallest absolute Gasteiger partial charge is 0.497 e. The van der Waals surface area contributed by atoms with Gasteiger partial charge in [0.2, 0.25) is 0 Å². The number of thiol groups is 1. The van der Waals surface area contributed by atoms with E-state index in [1.54, 1.807) is 123 Å². The van der Waals surface area contributed by atoms with Crippen LogP contribution in [-0.2, 0) is 55.1 Å². The molecule has 3 radical (unpaired) electrons. The van der Waals surface area contributed by atoms with E-state index in [0.29, 0.717) is 38.8 Å². The molecule has 0 bridgehead atoms. The van der Waals surface area contributed by atoms with E-state index in [9.17, 15) is 26.1 Å². The Morgan fingerprint density at radius 3 is 1.45 bits per heavy atom. The lowest BCUT2D eigenvalue weighted by molar-refractivity contribution is -0.613. The number of hydrogen-bond donors (Lipinski definition) is 6. The summed E-state index contributed by atoms with van der Waals surface area (Å²) in [7, 11) is 15.6. The first-order chi connectivity index (χ1) is 59.6. The summed E-state index contributed by atoms with van der Waals surface area (Å²) in [5.74, 6) is 10.9. The molecule has 0 saturated heterocycles. The van der Waals surface area contributed by atoms with Crippen LogP contribution in [0.3, 0.4) is 0 Å². The number of halogens is 3. The number of nitrogens with zero attached hydrogens (tertiary/aromatic N) is 11. The Balaban J connectivity index is 0.000000192. The van der Waals surface area contributed by atoms with Crippen LogP contribution in [0, 0.1) is 62.3 Å². The maximum atomic E-state index is 12.7. The highest BCUT2D eigenvalue weighted by atomic mass is 33.1. The second-order valence-electron chi connectivity index (χ2n) is 27.6. The molecule has 125 heavy (non-hydrogen) atoms. The molecular formula is C87H102BF3N15O12S7+4. The molecule has 659 valence electrons. The largest absolute Gasteiger partial charge is 1.00 e. The van der Waals surface area contributed by atoms with Gasteiger partial charge in [0.25, 0.3) is 0 Å². The van der Waals surface area contributed by atoms with Gasteiger partial charge in [-0.05, 0) is 154 Å². The lowest BCUT2D eigenvalue weighted by Gasteiger charge is -2.18. The number of alkyl halides is 3. The molecule has 1 aliphatic rings. The molecular weight excluding hydrogens is 1740 g/mol. The van der Waals surface area contributed by atoms with Crippen molar-refractivity contribution in [3.63, 3.8) is 0 Å². The van der Waals surface area contributed by atoms with E-state index < -0.39 is 34.4 Å². The number of benzene rings is 5. The molecule has 38 heteroatoms. The number of rotatable bonds is 22. The third-order valence-corrected chi connectivity index (χ3v) is 25.1. The van der Waals surface area contributed by atoms with Crippen LogP contribution in [0.25, 0.3) is 73.0 Å². The number of ether oxygens (including phenoxy) is 9. The van der Waals surface area contributed by atoms with E-state index in [0.717, 1.165) is 170 Å². The molecule has 11 heterocycles. The predicted octanol–water partition coefficient (Wildman–Crippen LogP) is 17.1. The lowest BCUT2D eigenvalue weighted by atomic mass is 10.1. The van der Waals surface area contributed by atoms with Crippen molar-refractivity contribution < 1.29 is 83.9 Å². The van der Waals surface area contributed by atoms with Crippen molar-refractivity contribution in [3.8, 4) is 63.8 Å². The number of aromatic nitrogens is 15. The number of hydrogen-bond acceptors (Lipinski definition) is 24. The molecule has 27 nitrogen and oxygen atoms in total. The van der Waals surface area contributed by atoms with Gasteiger partial charge in [0.1, 0.15) is 74.1 Å². The maximum Gasteiger partial charge on any atom is 1.00 e. The Morgan fingerprint density at radius 1 is 0.520 bits per heavy atom. The van der Waals surface area contributed by atoms with E-state index in [2.05, 4.69) is 140 Å². The Hall–Kier alpha value is -10.6. The summed E-state index contributed by atoms with van der Waals surface area (Å²) in [6.45, 7) is 16.4. The first-order valence-electron chi connectivity index (χ1n) is 38.3. The van der Waals surface area contributed by atoms with E-state index in [-0.39, 0.29) is 27.1 Å². The van der Waals surface area contributed by atoms with Gasteiger partial charge in [0.05, 0.1) is 152 Å². The lowest BCUT2D eigenvalue weighted by Crippen LogP contribution is -2.42. The minimum Gasteiger partial charge on any atom is -0.497 e. The van der Waals surface area contributed by atoms with Gasteiger partial charge in [0, 0.05) is 115 Å². The number of pyridine rings is 5. The fourth-order valence-corrected chi connectivity index (χ4v) is 18.8. The highest BCUT2D eigenvalue weighted by Gasteiger charge is 2.33. The van der Waals surface area contributed by atoms with Crippen molar-refractivity contribution in [1.82, 2.24) is 58.8 Å². The summed E-state index contributed by atoms with van der Waals surface area (Å²) in [6, 6.07) is 34.0. The fraction of sp³-hybridized carbons (Fsp3) is 0.310. The van der Waals surface area contributed by atoms with Gasteiger partial charge in [-0.25, -0.2) is 33.6 Å². The molecule has 0 saturated carbocycles. The van der Waals surface area contributed by atoms with Gasteiger partial charge in [-0.2, -0.15) is 29.8 Å². The highest BCUT2D eigenvalue weighted by Crippen LogP contribution is 2.36. The summed E-state index contributed by atoms with van der Waals surface area (Å²) in [5.41, 5.74) is 22.1. The SMILES string of the molecule is COC.COc1c(C)c[n+]2c(c1C)CSn1c-2nc2ccccc21.COc1ccc2nc(-[n+]3cc(C)c(OC)c(C)c3CSO)[nH]c2c1.COc1ccc2nc(-[n+]3cc(C)c(OC)c(C)c3CSSC)[nH]c2c1.COc1ccc2nc(S(=O)Cc3ncc(C)c(OC)c3C)[nH]c2c1.CS.Cc1c(OCC(F)(F)F)ccnc1CS(=O)c1nc2ccccc2[nH]1.[B].[H+]. The number of aryl methyl sites for hydroxylation is 4. The van der Waals surface area contributed by atoms with E-state index in [1.807, 2.05) is 117 Å². The average Bonchev–Trinajstić information content (AvgIpc) is 1.58. The molecule has 2 atom stereocenters. The summed E-state index contributed by atoms with van der Waals surface area (Å²) >= 11 is 6.09. The topological polar surface area (TPSA) is 307 Å². The zero-order chi connectivity index (χ0) is 89.8. The zero-order valence-corrected chi connectivity index (χ0v) is 78.8. The normalized spacial score (nSPS) is 11.7. The Bertz CT molecular complexity index is 6270. The van der Waals surface area contributed by atoms with Crippen molar-refractivity contribution in [2.45, 2.75) is 108 Å². The molecule has 5 aromatic carbocycles. The summed E-state index contributed by atoms with van der Waals surface area (Å²) < 4.78 is 127. The van der Waals surface area contributed by atoms with Gasteiger partial charge in [-0.3, -0.25) is 18.4 Å². The van der Waals surface area contributed by atoms with Crippen LogP contribution in [0.4, 0.5) is 13.2 Å². The number of aromatic amines is 4. The molecule has 2 unspecified atom stereocenters. The van der Waals surface area contributed by atoms with Gasteiger partial charge in [-0.1, -0.05) is 60.8 Å². The van der Waals surface area contributed by atoms with Gasteiger partial charge < -0.3 is 57.2 Å². The number of nitrogens with one attached hydrogen (secondary N) is 4. The van der Waals surface area contributed by atoms with Crippen molar-refractivity contribution in [2.75, 3.05) is 83.1 Å². The number of imidazole rings is 5. The van der Waals surface area contributed by atoms with Gasteiger partial charge in [0.15, 0.2) is 39.0 Å². The number of para-hydroxylation sites is 4. The van der Waals surface area contributed by atoms with Gasteiger partial charge in [-0.15, -0.1) is 0 Å². The van der Waals surface area contributed by atoms with Gasteiger partial charge >= 0.3 is 25.4 Å². The molecule has 15 aromatic rings. The predicted molar refractivity (Wildman–Crippen MR) is 498 cm³/mol. The van der Waals surface area contributed by atoms with Crippen LogP contribution in [0.1, 0.15) is 80.0 Å². The molecule has 16 rings (SSSR count). The zero-order valence-electron chi connectivity index (χ0n) is 74.0. The fourth-order valence-electron chi connectivity index (χ4n) is 13.7. The number of fused-ring (bicyclic) bond motifs is 9. The van der Waals surface area contributed by atoms with Crippen LogP contribution < -0.4 is 51.6 Å². The Morgan fingerprint density at radius 2 is 0.960 bits per heavy atom. The molecule has 0 aliphatic carbocycles. The molecule has 0 fully saturated rings. The first kappa shape index (κ1) is 98.2. The minimum absolute atomic E-state index is 0. The van der Waals surface area contributed by atoms with Crippen LogP contribution in [0.15, 0.2) is 150 Å². The van der Waals surface area contributed by atoms with Crippen molar-refractivity contribution in [2.24, 2.45) is 0 Å². The summed E-state index contributed by atoms with van der Waals surface area (Å²) in [5, 5.41) is 0.725. The molecule has 1 aliphatic heterocycles. The van der Waals surface area contributed by atoms with Crippen LogP contribution in [0.2, 0.25) is 0 Å². The van der Waals surface area contributed by atoms with E-state index >= 15 is 0 Å². The highest BCUT2D eigenvalue weighted by molar-refractivity contribution is 8.76. The van der Waals surface area contributed by atoms with Crippen molar-refractivity contribution in [3.05, 3.63) is 219 Å². The van der Waals surface area contributed by atoms with Crippen molar-refractivity contribution in [1.29, 1.82) is 0 Å². The number of methoxy groups -OCH3 is 8. The third kappa shape index (κ3) is 23.4. The monoisotopic (exact) mass is 1840 g/mol. The minimum atomic E-state index is -4.42. The van der Waals surface area contributed by atoms with Crippen molar-refractivity contribution >= 4 is 143 Å². The standard InChI is InChI=1S/C18H22N3O2S2.2C17H19N3O3S.C16H14F3N3O2S.C16H16N3OS.C2H6O.CH4S.B/c1-11-9-21(16(10-25-24-5)12(2)17(11)23-4)18-19-14-7-6-13(22-3)8-15(14)20-18;1-10-8-20(15(9-24-21)11(2)16(10)23-4)17-18-13-6-5-12(22-3)7-14(13)19-17;1-10-8-18-15(11(2)16(10)23-4)9-24(21)17-19-13-6-5-12(22-3)7-14(13)20-17;1-10-13(20-7-6-14(10)24-9-16(17,18)19)8-25(23)15-21-11-4-2-3-5-12(11)22-15;1-10-8-18-14(11(2)15(10)20-3)9-21-19-13-7-5-4-6-12(13)17-16(18)19;1-3-2;1-2;/h6-9H,10H2,1-5H3,(H,19,20);5-8H,9H2,1-4H3,(H-,18,19,21);5-8H,9H2,1-4H3,(H,19,20);2-7H,8-9H2,1H3,(H,21,22);4-8H,9H2,1-3H3;1-2H3;2H,1H3;/q+1;;;;+1;;;/p+2. The molecule has 0 amide bonds. The molecule has 0 spiro atoms. The van der Waals surface area contributed by atoms with E-state index in [1.165, 1.54) is 34.7 Å². The number of H-pyrrole nitrogens is 4. The maximum absolute atomic E-state index is 12.7. The summed E-state index contributed by atoms with van der Waals surface area (Å²) in [4.78, 5) is 44.2. The second kappa shape index (κ2) is 45.5. The average molecular weight is 1840 g/mol. The third-order valence-electron chi connectivity index (χ3n) is 19.6. The van der Waals surface area contributed by atoms with E-state index in [4.69, 9.17) is 47.9 Å². The van der Waals surface area contributed by atoms with Crippen LogP contribution in [0.5, 0.6) is 46.0 Å². The second-order valence-corrected chi connectivity index (χ2v) is 34.4. The molecule has 10 aromatic heterocycles. The van der Waals surface area contributed by atoms with Crippen LogP contribution >= 0.6 is 58.2 Å².